The summed E-state index contributed by atoms with van der Waals surface area (Å²) in [4.78, 5) is 14.6. The second-order valence-electron chi connectivity index (χ2n) is 4.03. The molecule has 0 aliphatic rings. The Balaban J connectivity index is 2.68. The van der Waals surface area contributed by atoms with Crippen LogP contribution in [0.4, 0.5) is 5.82 Å². The normalized spacial score (nSPS) is 11.2. The number of aromatic nitrogens is 1. The number of anilines is 1. The van der Waals surface area contributed by atoms with E-state index in [2.05, 4.69) is 10.3 Å². The summed E-state index contributed by atoms with van der Waals surface area (Å²) >= 11 is 0. The van der Waals surface area contributed by atoms with Gasteiger partial charge in [0.05, 0.1) is 5.60 Å². The first-order valence-electron chi connectivity index (χ1n) is 4.94. The van der Waals surface area contributed by atoms with E-state index in [1.165, 1.54) is 6.07 Å². The maximum absolute atomic E-state index is 10.7. The molecule has 88 valence electrons. The average Bonchev–Trinajstić information content (AvgIpc) is 2.27. The highest BCUT2D eigenvalue weighted by Crippen LogP contribution is 2.10. The Morgan fingerprint density at radius 3 is 2.81 bits per heavy atom. The molecule has 5 heteroatoms. The molecule has 0 unspecified atom stereocenters. The van der Waals surface area contributed by atoms with Gasteiger partial charge in [0.15, 0.2) is 5.69 Å². The van der Waals surface area contributed by atoms with Gasteiger partial charge in [-0.15, -0.1) is 0 Å². The van der Waals surface area contributed by atoms with Gasteiger partial charge in [-0.25, -0.2) is 9.78 Å². The van der Waals surface area contributed by atoms with Gasteiger partial charge in [0.2, 0.25) is 0 Å². The number of nitrogens with zero attached hydrogens (tertiary/aromatic N) is 1. The largest absolute Gasteiger partial charge is 0.477 e. The average molecular weight is 224 g/mol. The SMILES string of the molecule is COC(C)(C)CNc1cccc(C(=O)O)n1. The highest BCUT2D eigenvalue weighted by atomic mass is 16.5. The van der Waals surface area contributed by atoms with Gasteiger partial charge in [-0.2, -0.15) is 0 Å². The third kappa shape index (κ3) is 3.51. The zero-order chi connectivity index (χ0) is 12.2. The summed E-state index contributed by atoms with van der Waals surface area (Å²) in [5.41, 5.74) is -0.291. The Morgan fingerprint density at radius 2 is 2.25 bits per heavy atom. The molecule has 1 rings (SSSR count). The van der Waals surface area contributed by atoms with E-state index in [-0.39, 0.29) is 11.3 Å². The number of methoxy groups -OCH3 is 1. The van der Waals surface area contributed by atoms with Crippen LogP contribution in [0.25, 0.3) is 0 Å². The maximum Gasteiger partial charge on any atom is 0.354 e. The summed E-state index contributed by atoms with van der Waals surface area (Å²) in [6, 6.07) is 4.83. The molecule has 1 aromatic rings. The number of carboxylic acid groups (broad SMARTS) is 1. The van der Waals surface area contributed by atoms with Gasteiger partial charge in [0.1, 0.15) is 5.82 Å². The maximum atomic E-state index is 10.7. The van der Waals surface area contributed by atoms with Crippen molar-refractivity contribution >= 4 is 11.8 Å². The van der Waals surface area contributed by atoms with Crippen LogP contribution in [-0.4, -0.2) is 35.3 Å². The first-order chi connectivity index (χ1) is 7.44. The fraction of sp³-hybridized carbons (Fsp3) is 0.455. The topological polar surface area (TPSA) is 71.5 Å². The molecule has 1 aromatic heterocycles. The number of carboxylic acids is 1. The monoisotopic (exact) mass is 224 g/mol. The predicted octanol–water partition coefficient (Wildman–Crippen LogP) is 1.62. The number of pyridine rings is 1. The van der Waals surface area contributed by atoms with E-state index in [1.807, 2.05) is 13.8 Å². The van der Waals surface area contributed by atoms with Gasteiger partial charge in [-0.05, 0) is 26.0 Å². The van der Waals surface area contributed by atoms with Crippen LogP contribution >= 0.6 is 0 Å². The lowest BCUT2D eigenvalue weighted by Gasteiger charge is -2.23. The minimum absolute atomic E-state index is 0.0280. The highest BCUT2D eigenvalue weighted by Gasteiger charge is 2.16. The number of carbonyl (C=O) groups is 1. The molecular formula is C11H16N2O3. The molecule has 2 N–H and O–H groups in total. The van der Waals surface area contributed by atoms with E-state index >= 15 is 0 Å². The zero-order valence-corrected chi connectivity index (χ0v) is 9.65. The Labute approximate surface area is 94.5 Å². The van der Waals surface area contributed by atoms with Crippen LogP contribution in [-0.2, 0) is 4.74 Å². The molecule has 0 amide bonds. The van der Waals surface area contributed by atoms with Crippen molar-refractivity contribution in [2.75, 3.05) is 19.0 Å². The van der Waals surface area contributed by atoms with Crippen molar-refractivity contribution in [3.63, 3.8) is 0 Å². The first-order valence-corrected chi connectivity index (χ1v) is 4.94. The molecule has 0 aliphatic carbocycles. The summed E-state index contributed by atoms with van der Waals surface area (Å²) in [7, 11) is 1.63. The van der Waals surface area contributed by atoms with Gasteiger partial charge in [-0.3, -0.25) is 0 Å². The Bertz CT molecular complexity index is 377. The number of hydrogen-bond acceptors (Lipinski definition) is 4. The van der Waals surface area contributed by atoms with Crippen molar-refractivity contribution < 1.29 is 14.6 Å². The number of rotatable bonds is 5. The molecule has 0 aromatic carbocycles. The smallest absolute Gasteiger partial charge is 0.354 e. The van der Waals surface area contributed by atoms with E-state index < -0.39 is 5.97 Å². The summed E-state index contributed by atoms with van der Waals surface area (Å²) in [5, 5.41) is 11.8. The van der Waals surface area contributed by atoms with Gasteiger partial charge < -0.3 is 15.2 Å². The Hall–Kier alpha value is -1.62. The quantitative estimate of drug-likeness (QED) is 0.795. The third-order valence-electron chi connectivity index (χ3n) is 2.22. The van der Waals surface area contributed by atoms with Gasteiger partial charge >= 0.3 is 5.97 Å². The van der Waals surface area contributed by atoms with Crippen LogP contribution in [0.1, 0.15) is 24.3 Å². The molecule has 0 radical (unpaired) electrons. The van der Waals surface area contributed by atoms with Crippen LogP contribution < -0.4 is 5.32 Å². The number of hydrogen-bond donors (Lipinski definition) is 2. The van der Waals surface area contributed by atoms with Crippen molar-refractivity contribution in [1.29, 1.82) is 0 Å². The fourth-order valence-electron chi connectivity index (χ4n) is 1.03. The molecule has 0 saturated heterocycles. The molecule has 1 heterocycles. The molecule has 0 aliphatic heterocycles. The van der Waals surface area contributed by atoms with Gasteiger partial charge in [0, 0.05) is 13.7 Å². The van der Waals surface area contributed by atoms with Crippen LogP contribution in [0.5, 0.6) is 0 Å². The Kier molecular flexibility index (Phi) is 3.84. The molecule has 0 bridgehead atoms. The lowest BCUT2D eigenvalue weighted by Crippen LogP contribution is -2.32. The summed E-state index contributed by atoms with van der Waals surface area (Å²) in [6.07, 6.45) is 0. The van der Waals surface area contributed by atoms with Gasteiger partial charge in [-0.1, -0.05) is 6.07 Å². The fourth-order valence-corrected chi connectivity index (χ4v) is 1.03. The highest BCUT2D eigenvalue weighted by molar-refractivity contribution is 5.85. The minimum Gasteiger partial charge on any atom is -0.477 e. The molecule has 0 fully saturated rings. The summed E-state index contributed by atoms with van der Waals surface area (Å²) in [6.45, 7) is 4.42. The predicted molar refractivity (Wildman–Crippen MR) is 60.8 cm³/mol. The minimum atomic E-state index is -1.03. The van der Waals surface area contributed by atoms with Crippen molar-refractivity contribution in [1.82, 2.24) is 4.98 Å². The van der Waals surface area contributed by atoms with Crippen LogP contribution in [0.15, 0.2) is 18.2 Å². The van der Waals surface area contributed by atoms with Crippen molar-refractivity contribution in [2.24, 2.45) is 0 Å². The molecule has 0 spiro atoms. The van der Waals surface area contributed by atoms with Crippen LogP contribution in [0.2, 0.25) is 0 Å². The molecule has 0 atom stereocenters. The number of aromatic carboxylic acids is 1. The molecule has 0 saturated carbocycles. The van der Waals surface area contributed by atoms with E-state index in [4.69, 9.17) is 9.84 Å². The molecule has 5 nitrogen and oxygen atoms in total. The molecular weight excluding hydrogens is 208 g/mol. The summed E-state index contributed by atoms with van der Waals surface area (Å²) < 4.78 is 5.23. The third-order valence-corrected chi connectivity index (χ3v) is 2.22. The van der Waals surface area contributed by atoms with Crippen LogP contribution in [0, 0.1) is 0 Å². The van der Waals surface area contributed by atoms with Crippen molar-refractivity contribution in [2.45, 2.75) is 19.4 Å². The van der Waals surface area contributed by atoms with Gasteiger partial charge in [0.25, 0.3) is 0 Å². The lowest BCUT2D eigenvalue weighted by molar-refractivity contribution is 0.0343. The second kappa shape index (κ2) is 4.94. The second-order valence-corrected chi connectivity index (χ2v) is 4.03. The van der Waals surface area contributed by atoms with Crippen LogP contribution in [0.3, 0.4) is 0 Å². The lowest BCUT2D eigenvalue weighted by atomic mass is 10.1. The first kappa shape index (κ1) is 12.4. The van der Waals surface area contributed by atoms with E-state index in [0.717, 1.165) is 0 Å². The van der Waals surface area contributed by atoms with E-state index in [9.17, 15) is 4.79 Å². The zero-order valence-electron chi connectivity index (χ0n) is 9.65. The van der Waals surface area contributed by atoms with E-state index in [0.29, 0.717) is 12.4 Å². The molecule has 16 heavy (non-hydrogen) atoms. The summed E-state index contributed by atoms with van der Waals surface area (Å²) in [5.74, 6) is -0.500. The van der Waals surface area contributed by atoms with Crippen molar-refractivity contribution in [3.8, 4) is 0 Å². The number of ether oxygens (including phenoxy) is 1. The van der Waals surface area contributed by atoms with Crippen molar-refractivity contribution in [3.05, 3.63) is 23.9 Å². The standard InChI is InChI=1S/C11H16N2O3/c1-11(2,16-3)7-12-9-6-4-5-8(13-9)10(14)15/h4-6H,7H2,1-3H3,(H,12,13)(H,14,15). The van der Waals surface area contributed by atoms with E-state index in [1.54, 1.807) is 19.2 Å². The number of nitrogens with one attached hydrogen (secondary N) is 1. The Morgan fingerprint density at radius 1 is 1.56 bits per heavy atom.